The second-order valence-corrected chi connectivity index (χ2v) is 8.52. The quantitative estimate of drug-likeness (QED) is 0.663. The van der Waals surface area contributed by atoms with Crippen LogP contribution in [0.5, 0.6) is 0 Å². The fourth-order valence-electron chi connectivity index (χ4n) is 3.91. The fourth-order valence-corrected chi connectivity index (χ4v) is 3.91. The van der Waals surface area contributed by atoms with Crippen LogP contribution in [0.3, 0.4) is 0 Å². The Balaban J connectivity index is 1.53. The normalized spacial score (nSPS) is 15.0. The zero-order chi connectivity index (χ0) is 21.6. The average molecular weight is 405 g/mol. The molecule has 1 aliphatic rings. The van der Waals surface area contributed by atoms with Gasteiger partial charge in [-0.1, -0.05) is 13.8 Å². The lowest BCUT2D eigenvalue weighted by atomic mass is 9.76. The molecule has 7 nitrogen and oxygen atoms in total. The van der Waals surface area contributed by atoms with Gasteiger partial charge in [0, 0.05) is 49.1 Å². The van der Waals surface area contributed by atoms with Crippen LogP contribution < -0.4 is 5.32 Å². The number of benzene rings is 1. The molecular weight excluding hydrogens is 382 g/mol. The summed E-state index contributed by atoms with van der Waals surface area (Å²) < 4.78 is 7.46. The molecule has 0 unspecified atom stereocenters. The van der Waals surface area contributed by atoms with Crippen LogP contribution in [0.1, 0.15) is 68.7 Å². The van der Waals surface area contributed by atoms with E-state index < -0.39 is 5.91 Å². The Morgan fingerprint density at radius 1 is 1.17 bits per heavy atom. The van der Waals surface area contributed by atoms with Gasteiger partial charge < -0.3 is 14.3 Å². The number of fused-ring (bicyclic) bond motifs is 1. The van der Waals surface area contributed by atoms with Gasteiger partial charge >= 0.3 is 0 Å². The monoisotopic (exact) mass is 405 g/mol. The Hall–Kier alpha value is -3.48. The summed E-state index contributed by atoms with van der Waals surface area (Å²) in [7, 11) is 1.76. The molecule has 0 saturated heterocycles. The van der Waals surface area contributed by atoms with Gasteiger partial charge in [-0.25, -0.2) is 4.98 Å². The van der Waals surface area contributed by atoms with Gasteiger partial charge in [-0.15, -0.1) is 0 Å². The zero-order valence-corrected chi connectivity index (χ0v) is 17.4. The molecule has 2 aromatic heterocycles. The van der Waals surface area contributed by atoms with Crippen molar-refractivity contribution in [2.45, 2.75) is 33.6 Å². The van der Waals surface area contributed by atoms with E-state index in [4.69, 9.17) is 4.42 Å². The molecule has 154 valence electrons. The van der Waals surface area contributed by atoms with E-state index in [1.807, 2.05) is 13.8 Å². The number of aromatic nitrogens is 2. The van der Waals surface area contributed by atoms with Crippen LogP contribution in [-0.4, -0.2) is 27.0 Å². The second-order valence-electron chi connectivity index (χ2n) is 8.52. The summed E-state index contributed by atoms with van der Waals surface area (Å²) in [6.45, 7) is 5.76. The summed E-state index contributed by atoms with van der Waals surface area (Å²) in [4.78, 5) is 41.9. The first-order chi connectivity index (χ1) is 14.2. The predicted molar refractivity (Wildman–Crippen MR) is 111 cm³/mol. The molecule has 4 rings (SSSR count). The Kier molecular flexibility index (Phi) is 4.68. The molecule has 0 aliphatic heterocycles. The van der Waals surface area contributed by atoms with Crippen molar-refractivity contribution in [1.29, 1.82) is 0 Å². The number of Topliss-reactive ketones (excluding diaryl/α,β-unsaturated/α-hetero) is 1. The van der Waals surface area contributed by atoms with Crippen molar-refractivity contribution in [3.8, 4) is 0 Å². The molecule has 1 aromatic carbocycles. The number of imidazole rings is 1. The first-order valence-corrected chi connectivity index (χ1v) is 9.75. The standard InChI is InChI=1S/C23H23N3O4/c1-13-18-16(27)11-23(2,3)12-17(18)30-20(13)22(29)25-15-7-5-14(6-8-15)19(28)21-24-9-10-26(21)4/h5-10H,11-12H2,1-4H3,(H,25,29). The molecule has 1 amide bonds. The molecule has 0 spiro atoms. The van der Waals surface area contributed by atoms with E-state index in [1.165, 1.54) is 0 Å². The topological polar surface area (TPSA) is 94.2 Å². The van der Waals surface area contributed by atoms with E-state index in [0.717, 1.165) is 0 Å². The van der Waals surface area contributed by atoms with Gasteiger partial charge in [-0.3, -0.25) is 14.4 Å². The third kappa shape index (κ3) is 3.47. The van der Waals surface area contributed by atoms with Crippen LogP contribution in [0.15, 0.2) is 41.1 Å². The van der Waals surface area contributed by atoms with E-state index in [9.17, 15) is 14.4 Å². The molecular formula is C23H23N3O4. The predicted octanol–water partition coefficient (Wildman–Crippen LogP) is 3.96. The summed E-state index contributed by atoms with van der Waals surface area (Å²) >= 11 is 0. The van der Waals surface area contributed by atoms with Gasteiger partial charge in [-0.05, 0) is 36.6 Å². The van der Waals surface area contributed by atoms with Crippen LogP contribution in [0.4, 0.5) is 5.69 Å². The molecule has 1 aliphatic carbocycles. The number of furan rings is 1. The molecule has 2 heterocycles. The van der Waals surface area contributed by atoms with E-state index >= 15 is 0 Å². The summed E-state index contributed by atoms with van der Waals surface area (Å²) in [5.41, 5.74) is 1.93. The summed E-state index contributed by atoms with van der Waals surface area (Å²) in [6.07, 6.45) is 4.33. The molecule has 0 atom stereocenters. The number of nitrogens with zero attached hydrogens (tertiary/aromatic N) is 2. The van der Waals surface area contributed by atoms with Crippen molar-refractivity contribution in [3.63, 3.8) is 0 Å². The van der Waals surface area contributed by atoms with E-state index in [-0.39, 0.29) is 22.7 Å². The van der Waals surface area contributed by atoms with Crippen molar-refractivity contribution in [2.75, 3.05) is 5.32 Å². The fraction of sp³-hybridized carbons (Fsp3) is 0.304. The number of rotatable bonds is 4. The van der Waals surface area contributed by atoms with E-state index in [0.29, 0.717) is 46.8 Å². The highest BCUT2D eigenvalue weighted by Crippen LogP contribution is 2.38. The Morgan fingerprint density at radius 2 is 1.87 bits per heavy atom. The number of hydrogen-bond donors (Lipinski definition) is 1. The maximum atomic E-state index is 12.8. The molecule has 3 aromatic rings. The van der Waals surface area contributed by atoms with Crippen molar-refractivity contribution >= 4 is 23.2 Å². The van der Waals surface area contributed by atoms with E-state index in [1.54, 1.807) is 55.2 Å². The summed E-state index contributed by atoms with van der Waals surface area (Å²) in [5.74, 6) is 0.468. The van der Waals surface area contributed by atoms with Crippen molar-refractivity contribution in [3.05, 3.63) is 70.7 Å². The van der Waals surface area contributed by atoms with Gasteiger partial charge in [0.1, 0.15) is 5.76 Å². The third-order valence-corrected chi connectivity index (χ3v) is 5.41. The van der Waals surface area contributed by atoms with Gasteiger partial charge in [0.25, 0.3) is 5.91 Å². The van der Waals surface area contributed by atoms with Crippen LogP contribution >= 0.6 is 0 Å². The van der Waals surface area contributed by atoms with Gasteiger partial charge in [0.05, 0.1) is 5.56 Å². The van der Waals surface area contributed by atoms with Gasteiger partial charge in [-0.2, -0.15) is 0 Å². The second kappa shape index (κ2) is 7.09. The lowest BCUT2D eigenvalue weighted by molar-refractivity contribution is 0.0898. The molecule has 0 bridgehead atoms. The Bertz CT molecular complexity index is 1170. The van der Waals surface area contributed by atoms with Crippen LogP contribution in [-0.2, 0) is 13.5 Å². The zero-order valence-electron chi connectivity index (χ0n) is 17.4. The van der Waals surface area contributed by atoms with Crippen LogP contribution in [0, 0.1) is 12.3 Å². The number of amides is 1. The first-order valence-electron chi connectivity index (χ1n) is 9.75. The minimum Gasteiger partial charge on any atom is -0.455 e. The highest BCUT2D eigenvalue weighted by molar-refractivity contribution is 6.09. The Labute approximate surface area is 174 Å². The molecule has 0 fully saturated rings. The highest BCUT2D eigenvalue weighted by atomic mass is 16.4. The molecule has 7 heteroatoms. The smallest absolute Gasteiger partial charge is 0.291 e. The lowest BCUT2D eigenvalue weighted by Crippen LogP contribution is -2.26. The highest BCUT2D eigenvalue weighted by Gasteiger charge is 2.37. The van der Waals surface area contributed by atoms with Crippen LogP contribution in [0.2, 0.25) is 0 Å². The number of hydrogen-bond acceptors (Lipinski definition) is 5. The molecule has 0 saturated carbocycles. The van der Waals surface area contributed by atoms with Crippen molar-refractivity contribution < 1.29 is 18.8 Å². The minimum absolute atomic E-state index is 0.0127. The number of anilines is 1. The average Bonchev–Trinajstić information content (AvgIpc) is 3.24. The number of carbonyl (C=O) groups is 3. The largest absolute Gasteiger partial charge is 0.455 e. The number of nitrogens with one attached hydrogen (secondary N) is 1. The molecule has 30 heavy (non-hydrogen) atoms. The molecule has 1 N–H and O–H groups in total. The van der Waals surface area contributed by atoms with Gasteiger partial charge in [0.2, 0.25) is 5.78 Å². The summed E-state index contributed by atoms with van der Waals surface area (Å²) in [5, 5.41) is 2.78. The third-order valence-electron chi connectivity index (χ3n) is 5.41. The number of carbonyl (C=O) groups excluding carboxylic acids is 3. The van der Waals surface area contributed by atoms with E-state index in [2.05, 4.69) is 10.3 Å². The Morgan fingerprint density at radius 3 is 2.50 bits per heavy atom. The van der Waals surface area contributed by atoms with Crippen molar-refractivity contribution in [2.24, 2.45) is 12.5 Å². The number of ketones is 2. The van der Waals surface area contributed by atoms with Crippen LogP contribution in [0.25, 0.3) is 0 Å². The summed E-state index contributed by atoms with van der Waals surface area (Å²) in [6, 6.07) is 6.58. The lowest BCUT2D eigenvalue weighted by Gasteiger charge is -2.27. The minimum atomic E-state index is -0.421. The maximum absolute atomic E-state index is 12.8. The maximum Gasteiger partial charge on any atom is 0.291 e. The van der Waals surface area contributed by atoms with Gasteiger partial charge in [0.15, 0.2) is 17.4 Å². The first kappa shape index (κ1) is 19.8. The SMILES string of the molecule is Cc1c(C(=O)Nc2ccc(C(=O)c3nccn3C)cc2)oc2c1C(=O)CC(C)(C)C2. The van der Waals surface area contributed by atoms with Crippen molar-refractivity contribution in [1.82, 2.24) is 9.55 Å². The number of aryl methyl sites for hydroxylation is 1. The molecule has 0 radical (unpaired) electrons.